The monoisotopic (exact) mass is 468 g/mol. The number of cyclic esters (lactones) is 1. The molecule has 1 fully saturated rings. The highest BCUT2D eigenvalue weighted by molar-refractivity contribution is 5.99. The number of nitrogens with zero attached hydrogens (tertiary/aromatic N) is 6. The van der Waals surface area contributed by atoms with Gasteiger partial charge < -0.3 is 19.8 Å². The van der Waals surface area contributed by atoms with Crippen molar-refractivity contribution in [2.45, 2.75) is 31.3 Å². The molecule has 0 bridgehead atoms. The van der Waals surface area contributed by atoms with Crippen molar-refractivity contribution in [3.05, 3.63) is 60.4 Å². The van der Waals surface area contributed by atoms with Crippen LogP contribution in [-0.2, 0) is 16.1 Å². The van der Waals surface area contributed by atoms with Crippen LogP contribution in [0.3, 0.4) is 0 Å². The SMILES string of the molecule is O=C1O[C@@H](Cn2ccnn2)CN1c1ccc(-c2ccc(C3=NO[C@@H]([C@@H](O)CO)C3)nc2)c(F)c1. The molecule has 3 atom stereocenters. The number of aliphatic hydroxyl groups excluding tert-OH is 2. The molecule has 2 aliphatic rings. The molecule has 176 valence electrons. The maximum Gasteiger partial charge on any atom is 0.414 e. The number of rotatable bonds is 7. The third-order valence-electron chi connectivity index (χ3n) is 5.68. The highest BCUT2D eigenvalue weighted by atomic mass is 19.1. The molecule has 4 heterocycles. The summed E-state index contributed by atoms with van der Waals surface area (Å²) in [6.45, 7) is 0.202. The molecular formula is C22H21FN6O5. The lowest BCUT2D eigenvalue weighted by Gasteiger charge is -2.14. The van der Waals surface area contributed by atoms with Crippen LogP contribution < -0.4 is 4.90 Å². The number of benzene rings is 1. The number of aliphatic hydroxyl groups is 2. The van der Waals surface area contributed by atoms with Crippen LogP contribution in [0.25, 0.3) is 11.1 Å². The molecule has 5 rings (SSSR count). The first kappa shape index (κ1) is 21.9. The fourth-order valence-corrected chi connectivity index (χ4v) is 3.87. The van der Waals surface area contributed by atoms with Gasteiger partial charge in [-0.3, -0.25) is 9.88 Å². The largest absolute Gasteiger partial charge is 0.442 e. The summed E-state index contributed by atoms with van der Waals surface area (Å²) >= 11 is 0. The molecule has 0 radical (unpaired) electrons. The van der Waals surface area contributed by atoms with Gasteiger partial charge in [0.25, 0.3) is 0 Å². The number of halogens is 1. The normalized spacial score (nSPS) is 20.7. The molecule has 34 heavy (non-hydrogen) atoms. The van der Waals surface area contributed by atoms with Crippen molar-refractivity contribution in [3.8, 4) is 11.1 Å². The van der Waals surface area contributed by atoms with Gasteiger partial charge in [0, 0.05) is 29.9 Å². The van der Waals surface area contributed by atoms with Gasteiger partial charge >= 0.3 is 6.09 Å². The Bertz CT molecular complexity index is 1200. The first-order valence-corrected chi connectivity index (χ1v) is 10.6. The van der Waals surface area contributed by atoms with E-state index in [-0.39, 0.29) is 6.54 Å². The van der Waals surface area contributed by atoms with Gasteiger partial charge in [-0.1, -0.05) is 16.4 Å². The van der Waals surface area contributed by atoms with Gasteiger partial charge in [-0.05, 0) is 24.3 Å². The van der Waals surface area contributed by atoms with Gasteiger partial charge in [0.05, 0.1) is 37.3 Å². The Morgan fingerprint density at radius 1 is 1.26 bits per heavy atom. The summed E-state index contributed by atoms with van der Waals surface area (Å²) in [5, 5.41) is 30.2. The van der Waals surface area contributed by atoms with E-state index in [0.29, 0.717) is 41.2 Å². The van der Waals surface area contributed by atoms with Crippen molar-refractivity contribution in [1.82, 2.24) is 20.0 Å². The molecule has 0 unspecified atom stereocenters. The molecule has 0 spiro atoms. The van der Waals surface area contributed by atoms with Gasteiger partial charge in [-0.2, -0.15) is 0 Å². The van der Waals surface area contributed by atoms with Crippen LogP contribution in [0.15, 0.2) is 54.1 Å². The number of pyridine rings is 1. The van der Waals surface area contributed by atoms with E-state index in [0.717, 1.165) is 0 Å². The predicted molar refractivity (Wildman–Crippen MR) is 116 cm³/mol. The third kappa shape index (κ3) is 4.32. The number of carbonyl (C=O) groups is 1. The summed E-state index contributed by atoms with van der Waals surface area (Å²) in [4.78, 5) is 23.2. The van der Waals surface area contributed by atoms with Crippen molar-refractivity contribution in [2.75, 3.05) is 18.1 Å². The molecule has 1 saturated heterocycles. The predicted octanol–water partition coefficient (Wildman–Crippen LogP) is 1.35. The molecule has 0 aliphatic carbocycles. The quantitative estimate of drug-likeness (QED) is 0.531. The highest BCUT2D eigenvalue weighted by Gasteiger charge is 2.33. The van der Waals surface area contributed by atoms with Crippen LogP contribution in [0.5, 0.6) is 0 Å². The summed E-state index contributed by atoms with van der Waals surface area (Å²) in [7, 11) is 0. The first-order chi connectivity index (χ1) is 16.5. The molecule has 3 aromatic rings. The molecule has 11 nitrogen and oxygen atoms in total. The zero-order valence-electron chi connectivity index (χ0n) is 17.9. The van der Waals surface area contributed by atoms with E-state index in [1.807, 2.05) is 0 Å². The van der Waals surface area contributed by atoms with Crippen LogP contribution >= 0.6 is 0 Å². The molecule has 1 amide bonds. The maximum atomic E-state index is 15.0. The van der Waals surface area contributed by atoms with Gasteiger partial charge in [-0.25, -0.2) is 13.9 Å². The van der Waals surface area contributed by atoms with Gasteiger partial charge in [0.1, 0.15) is 23.7 Å². The third-order valence-corrected chi connectivity index (χ3v) is 5.68. The Morgan fingerprint density at radius 3 is 2.85 bits per heavy atom. The summed E-state index contributed by atoms with van der Waals surface area (Å²) in [6, 6.07) is 7.92. The first-order valence-electron chi connectivity index (χ1n) is 10.6. The Kier molecular flexibility index (Phi) is 5.90. The van der Waals surface area contributed by atoms with Crippen molar-refractivity contribution >= 4 is 17.5 Å². The van der Waals surface area contributed by atoms with E-state index in [2.05, 4.69) is 20.5 Å². The molecular weight excluding hydrogens is 447 g/mol. The van der Waals surface area contributed by atoms with Crippen molar-refractivity contribution < 1.29 is 29.0 Å². The van der Waals surface area contributed by atoms with Crippen molar-refractivity contribution in [3.63, 3.8) is 0 Å². The minimum Gasteiger partial charge on any atom is -0.442 e. The lowest BCUT2D eigenvalue weighted by atomic mass is 10.0. The number of ether oxygens (including phenoxy) is 1. The highest BCUT2D eigenvalue weighted by Crippen LogP contribution is 2.29. The van der Waals surface area contributed by atoms with E-state index >= 15 is 0 Å². The van der Waals surface area contributed by atoms with Crippen LogP contribution in [0, 0.1) is 5.82 Å². The average Bonchev–Trinajstić information content (AvgIpc) is 3.61. The van der Waals surface area contributed by atoms with Crippen LogP contribution in [0.2, 0.25) is 0 Å². The second-order valence-electron chi connectivity index (χ2n) is 7.97. The molecule has 2 aliphatic heterocycles. The van der Waals surface area contributed by atoms with Crippen molar-refractivity contribution in [2.24, 2.45) is 5.16 Å². The number of anilines is 1. The van der Waals surface area contributed by atoms with Gasteiger partial charge in [0.2, 0.25) is 0 Å². The van der Waals surface area contributed by atoms with Crippen LogP contribution in [0.1, 0.15) is 12.1 Å². The molecule has 12 heteroatoms. The average molecular weight is 468 g/mol. The van der Waals surface area contributed by atoms with Crippen LogP contribution in [0.4, 0.5) is 14.9 Å². The molecule has 2 aromatic heterocycles. The number of oxime groups is 1. The zero-order chi connectivity index (χ0) is 23.7. The minimum absolute atomic E-state index is 0.268. The topological polar surface area (TPSA) is 135 Å². The molecule has 0 saturated carbocycles. The summed E-state index contributed by atoms with van der Waals surface area (Å²) < 4.78 is 21.9. The minimum atomic E-state index is -1.03. The Hall–Kier alpha value is -3.90. The van der Waals surface area contributed by atoms with E-state index in [9.17, 15) is 14.3 Å². The smallest absolute Gasteiger partial charge is 0.414 e. The second-order valence-corrected chi connectivity index (χ2v) is 7.97. The Morgan fingerprint density at radius 2 is 2.15 bits per heavy atom. The summed E-state index contributed by atoms with van der Waals surface area (Å²) in [6.07, 6.45) is 2.41. The number of hydrogen-bond donors (Lipinski definition) is 2. The Balaban J connectivity index is 1.27. The van der Waals surface area contributed by atoms with Gasteiger partial charge in [0.15, 0.2) is 6.10 Å². The number of amides is 1. The van der Waals surface area contributed by atoms with E-state index in [1.54, 1.807) is 35.1 Å². The van der Waals surface area contributed by atoms with Crippen LogP contribution in [-0.4, -0.2) is 73.5 Å². The maximum absolute atomic E-state index is 15.0. The summed E-state index contributed by atoms with van der Waals surface area (Å²) in [5.41, 5.74) is 2.34. The summed E-state index contributed by atoms with van der Waals surface area (Å²) in [5.74, 6) is -0.507. The fourth-order valence-electron chi connectivity index (χ4n) is 3.87. The molecule has 2 N–H and O–H groups in total. The van der Waals surface area contributed by atoms with Crippen molar-refractivity contribution in [1.29, 1.82) is 0 Å². The van der Waals surface area contributed by atoms with E-state index in [4.69, 9.17) is 14.7 Å². The standard InChI is InChI=1S/C22H21FN6O5/c23-17-7-14(29-11-15(33-22(29)32)10-28-6-5-25-27-28)2-3-16(17)13-1-4-18(24-9-13)19-8-21(34-26-19)20(31)12-30/h1-7,9,15,20-21,30-31H,8,10-12H2/t15-,20-,21+/m0/s1. The number of aromatic nitrogens is 4. The van der Waals surface area contributed by atoms with Gasteiger partial charge in [-0.15, -0.1) is 5.10 Å². The second kappa shape index (κ2) is 9.15. The number of carbonyl (C=O) groups excluding carboxylic acids is 1. The molecule has 1 aromatic carbocycles. The zero-order valence-corrected chi connectivity index (χ0v) is 17.9. The Labute approximate surface area is 193 Å². The lowest BCUT2D eigenvalue weighted by molar-refractivity contribution is -0.0407. The van der Waals surface area contributed by atoms with E-state index in [1.165, 1.54) is 23.4 Å². The van der Waals surface area contributed by atoms with E-state index < -0.39 is 36.8 Å². The fraction of sp³-hybridized carbons (Fsp3) is 0.318. The number of hydrogen-bond acceptors (Lipinski definition) is 9. The lowest BCUT2D eigenvalue weighted by Crippen LogP contribution is -2.29.